The summed E-state index contributed by atoms with van der Waals surface area (Å²) in [4.78, 5) is 12.1. The van der Waals surface area contributed by atoms with E-state index in [-0.39, 0.29) is 5.75 Å². The number of hydrogen-bond donors (Lipinski definition) is 2. The van der Waals surface area contributed by atoms with Gasteiger partial charge in [-0.3, -0.25) is 4.31 Å². The summed E-state index contributed by atoms with van der Waals surface area (Å²) in [6.45, 7) is 0.431. The second-order valence-electron chi connectivity index (χ2n) is 5.57. The zero-order valence-electron chi connectivity index (χ0n) is 13.7. The quantitative estimate of drug-likeness (QED) is 0.876. The van der Waals surface area contributed by atoms with Gasteiger partial charge in [0.25, 0.3) is 0 Å². The van der Waals surface area contributed by atoms with E-state index in [4.69, 9.17) is 4.74 Å². The van der Waals surface area contributed by atoms with E-state index in [1.54, 1.807) is 30.3 Å². The van der Waals surface area contributed by atoms with Gasteiger partial charge in [0.2, 0.25) is 10.0 Å². The number of methoxy groups -OCH3 is 1. The molecule has 132 valence electrons. The van der Waals surface area contributed by atoms with Crippen LogP contribution in [0.5, 0.6) is 5.75 Å². The number of rotatable bonds is 4. The van der Waals surface area contributed by atoms with Crippen molar-refractivity contribution in [2.24, 2.45) is 0 Å². The average molecular weight is 361 g/mol. The van der Waals surface area contributed by atoms with Gasteiger partial charge in [0.15, 0.2) is 0 Å². The van der Waals surface area contributed by atoms with Crippen LogP contribution in [-0.4, -0.2) is 33.9 Å². The van der Waals surface area contributed by atoms with Crippen molar-refractivity contribution in [2.75, 3.05) is 34.3 Å². The van der Waals surface area contributed by atoms with Crippen LogP contribution < -0.4 is 19.7 Å². The lowest BCUT2D eigenvalue weighted by Crippen LogP contribution is -2.25. The van der Waals surface area contributed by atoms with Gasteiger partial charge in [-0.05, 0) is 30.7 Å². The maximum absolute atomic E-state index is 12.1. The number of sulfonamides is 1. The lowest BCUT2D eigenvalue weighted by molar-refractivity contribution is 0.262. The van der Waals surface area contributed by atoms with Gasteiger partial charge in [-0.15, -0.1) is 0 Å². The van der Waals surface area contributed by atoms with Crippen LogP contribution in [0.15, 0.2) is 48.5 Å². The van der Waals surface area contributed by atoms with E-state index in [0.29, 0.717) is 35.8 Å². The van der Waals surface area contributed by atoms with Gasteiger partial charge in [-0.25, -0.2) is 13.2 Å². The lowest BCUT2D eigenvalue weighted by atomic mass is 10.2. The minimum atomic E-state index is -3.30. The minimum absolute atomic E-state index is 0.135. The molecule has 0 aromatic heterocycles. The molecule has 0 radical (unpaired) electrons. The Morgan fingerprint density at radius 1 is 1.08 bits per heavy atom. The first kappa shape index (κ1) is 17.1. The Balaban J connectivity index is 1.76. The Bertz CT molecular complexity index is 869. The zero-order valence-corrected chi connectivity index (χ0v) is 14.5. The Morgan fingerprint density at radius 3 is 2.44 bits per heavy atom. The van der Waals surface area contributed by atoms with Crippen LogP contribution in [0, 0.1) is 0 Å². The minimum Gasteiger partial charge on any atom is -0.494 e. The van der Waals surface area contributed by atoms with Crippen LogP contribution in [0.2, 0.25) is 0 Å². The van der Waals surface area contributed by atoms with Crippen molar-refractivity contribution in [2.45, 2.75) is 6.42 Å². The van der Waals surface area contributed by atoms with E-state index >= 15 is 0 Å². The van der Waals surface area contributed by atoms with E-state index in [1.807, 2.05) is 18.2 Å². The molecule has 1 saturated heterocycles. The van der Waals surface area contributed by atoms with E-state index in [9.17, 15) is 13.2 Å². The highest BCUT2D eigenvalue weighted by Gasteiger charge is 2.30. The van der Waals surface area contributed by atoms with E-state index in [2.05, 4.69) is 10.6 Å². The number of amides is 2. The summed E-state index contributed by atoms with van der Waals surface area (Å²) < 4.78 is 30.8. The monoisotopic (exact) mass is 361 g/mol. The lowest BCUT2D eigenvalue weighted by Gasteiger charge is -2.20. The molecule has 2 amide bonds. The van der Waals surface area contributed by atoms with Gasteiger partial charge in [-0.2, -0.15) is 0 Å². The fourth-order valence-corrected chi connectivity index (χ4v) is 4.26. The highest BCUT2D eigenvalue weighted by Crippen LogP contribution is 2.35. The number of urea groups is 1. The average Bonchev–Trinajstić information content (AvgIpc) is 2.94. The van der Waals surface area contributed by atoms with Crippen LogP contribution in [0.1, 0.15) is 6.42 Å². The van der Waals surface area contributed by atoms with Gasteiger partial charge in [0.05, 0.1) is 18.6 Å². The number of carbonyl (C=O) groups is 1. The van der Waals surface area contributed by atoms with Crippen LogP contribution in [0.4, 0.5) is 21.9 Å². The first-order valence-corrected chi connectivity index (χ1v) is 9.42. The normalized spacial score (nSPS) is 15.6. The molecule has 0 aliphatic carbocycles. The van der Waals surface area contributed by atoms with Gasteiger partial charge >= 0.3 is 6.03 Å². The van der Waals surface area contributed by atoms with Crippen molar-refractivity contribution in [3.8, 4) is 5.75 Å². The number of para-hydroxylation sites is 1. The van der Waals surface area contributed by atoms with Gasteiger partial charge in [-0.1, -0.05) is 18.2 Å². The van der Waals surface area contributed by atoms with Crippen LogP contribution in [0.25, 0.3) is 0 Å². The predicted molar refractivity (Wildman–Crippen MR) is 97.8 cm³/mol. The molecule has 1 fully saturated rings. The molecule has 2 aromatic carbocycles. The summed E-state index contributed by atoms with van der Waals surface area (Å²) in [5, 5.41) is 5.42. The summed E-state index contributed by atoms with van der Waals surface area (Å²) >= 11 is 0. The molecule has 0 atom stereocenters. The molecule has 25 heavy (non-hydrogen) atoms. The predicted octanol–water partition coefficient (Wildman–Crippen LogP) is 2.88. The maximum Gasteiger partial charge on any atom is 0.323 e. The molecule has 8 heteroatoms. The Morgan fingerprint density at radius 2 is 1.80 bits per heavy atom. The number of ether oxygens (including phenoxy) is 1. The fraction of sp³-hybridized carbons (Fsp3) is 0.235. The first-order valence-electron chi connectivity index (χ1n) is 7.81. The van der Waals surface area contributed by atoms with E-state index in [0.717, 1.165) is 0 Å². The van der Waals surface area contributed by atoms with Crippen LogP contribution in [0.3, 0.4) is 0 Å². The Labute approximate surface area is 146 Å². The molecule has 0 unspecified atom stereocenters. The van der Waals surface area contributed by atoms with Crippen molar-refractivity contribution < 1.29 is 17.9 Å². The summed E-state index contributed by atoms with van der Waals surface area (Å²) in [6, 6.07) is 13.6. The first-order chi connectivity index (χ1) is 12.0. The van der Waals surface area contributed by atoms with Crippen molar-refractivity contribution in [1.82, 2.24) is 0 Å². The highest BCUT2D eigenvalue weighted by atomic mass is 32.2. The summed E-state index contributed by atoms with van der Waals surface area (Å²) in [5.41, 5.74) is 1.66. The van der Waals surface area contributed by atoms with Gasteiger partial charge < -0.3 is 15.4 Å². The molecule has 7 nitrogen and oxygen atoms in total. The molecule has 2 aromatic rings. The van der Waals surface area contributed by atoms with Crippen molar-refractivity contribution in [3.05, 3.63) is 48.5 Å². The largest absolute Gasteiger partial charge is 0.494 e. The number of carbonyl (C=O) groups excluding carboxylic acids is 1. The van der Waals surface area contributed by atoms with Crippen LogP contribution >= 0.6 is 0 Å². The standard InChI is InChI=1S/C17H19N3O4S/c1-24-16-12-14(19-17(21)18-13-6-3-2-4-7-13)8-9-15(16)20-10-5-11-25(20,22)23/h2-4,6-9,12H,5,10-11H2,1H3,(H2,18,19,21). The summed E-state index contributed by atoms with van der Waals surface area (Å²) in [6.07, 6.45) is 0.588. The smallest absolute Gasteiger partial charge is 0.323 e. The molecule has 1 heterocycles. The second-order valence-corrected chi connectivity index (χ2v) is 7.59. The number of nitrogens with zero attached hydrogens (tertiary/aromatic N) is 1. The molecule has 0 bridgehead atoms. The highest BCUT2D eigenvalue weighted by molar-refractivity contribution is 7.93. The molecule has 1 aliphatic rings. The third-order valence-electron chi connectivity index (χ3n) is 3.84. The Kier molecular flexibility index (Phi) is 4.80. The summed E-state index contributed by atoms with van der Waals surface area (Å²) in [5.74, 6) is 0.526. The molecule has 3 rings (SSSR count). The Hall–Kier alpha value is -2.74. The second kappa shape index (κ2) is 7.02. The third kappa shape index (κ3) is 3.85. The molecule has 0 saturated carbocycles. The number of benzene rings is 2. The topological polar surface area (TPSA) is 87.7 Å². The summed E-state index contributed by atoms with van der Waals surface area (Å²) in [7, 11) is -1.83. The molecular weight excluding hydrogens is 342 g/mol. The molecule has 0 spiro atoms. The van der Waals surface area contributed by atoms with Crippen molar-refractivity contribution in [3.63, 3.8) is 0 Å². The number of nitrogens with one attached hydrogen (secondary N) is 2. The van der Waals surface area contributed by atoms with E-state index < -0.39 is 16.1 Å². The van der Waals surface area contributed by atoms with Gasteiger partial charge in [0, 0.05) is 24.0 Å². The third-order valence-corrected chi connectivity index (χ3v) is 5.69. The molecule has 2 N–H and O–H groups in total. The maximum atomic E-state index is 12.1. The van der Waals surface area contributed by atoms with Crippen LogP contribution in [-0.2, 0) is 10.0 Å². The molecule has 1 aliphatic heterocycles. The zero-order chi connectivity index (χ0) is 17.9. The number of anilines is 3. The fourth-order valence-electron chi connectivity index (χ4n) is 2.69. The van der Waals surface area contributed by atoms with Crippen molar-refractivity contribution in [1.29, 1.82) is 0 Å². The van der Waals surface area contributed by atoms with E-state index in [1.165, 1.54) is 11.4 Å². The van der Waals surface area contributed by atoms with Crippen molar-refractivity contribution >= 4 is 33.1 Å². The molecular formula is C17H19N3O4S. The van der Waals surface area contributed by atoms with Gasteiger partial charge in [0.1, 0.15) is 5.75 Å². The SMILES string of the molecule is COc1cc(NC(=O)Nc2ccccc2)ccc1N1CCCS1(=O)=O. The number of hydrogen-bond acceptors (Lipinski definition) is 4.